The number of benzene rings is 1. The summed E-state index contributed by atoms with van der Waals surface area (Å²) in [5.74, 6) is 0. The predicted molar refractivity (Wildman–Crippen MR) is 95.7 cm³/mol. The van der Waals surface area contributed by atoms with Crippen LogP contribution in [0.2, 0.25) is 0 Å². The number of hydrogen-bond acceptors (Lipinski definition) is 3. The lowest BCUT2D eigenvalue weighted by atomic mass is 10.1. The van der Waals surface area contributed by atoms with Crippen LogP contribution in [0, 0.1) is 0 Å². The van der Waals surface area contributed by atoms with Gasteiger partial charge in [-0.1, -0.05) is 6.07 Å². The van der Waals surface area contributed by atoms with E-state index in [4.69, 9.17) is 0 Å². The molecule has 3 heterocycles. The molecule has 0 aliphatic heterocycles. The van der Waals surface area contributed by atoms with Crippen molar-refractivity contribution < 1.29 is 13.2 Å². The summed E-state index contributed by atoms with van der Waals surface area (Å²) in [6.45, 7) is 0. The first-order valence-electron chi connectivity index (χ1n) is 7.66. The minimum absolute atomic E-state index is 0.130. The lowest BCUT2D eigenvalue weighted by Crippen LogP contribution is -2.21. The van der Waals surface area contributed by atoms with Crippen LogP contribution in [0.1, 0.15) is 5.56 Å². The van der Waals surface area contributed by atoms with Crippen molar-refractivity contribution in [1.29, 1.82) is 0 Å². The van der Waals surface area contributed by atoms with Crippen LogP contribution < -0.4 is 5.56 Å². The quantitative estimate of drug-likeness (QED) is 0.489. The maximum absolute atomic E-state index is 13.1. The third-order valence-corrected chi connectivity index (χ3v) is 4.71. The Labute approximate surface area is 150 Å². The molecule has 130 valence electrons. The topological polar surface area (TPSA) is 34.9 Å². The molecule has 0 unspecified atom stereocenters. The molecule has 0 saturated heterocycles. The molecule has 0 fully saturated rings. The van der Waals surface area contributed by atoms with Gasteiger partial charge in [0.2, 0.25) is 0 Å². The molecule has 3 nitrogen and oxygen atoms in total. The van der Waals surface area contributed by atoms with Gasteiger partial charge in [-0.15, -0.1) is 0 Å². The highest BCUT2D eigenvalue weighted by molar-refractivity contribution is 7.08. The van der Waals surface area contributed by atoms with Gasteiger partial charge in [-0.2, -0.15) is 24.5 Å². The van der Waals surface area contributed by atoms with Crippen molar-refractivity contribution in [3.63, 3.8) is 0 Å². The van der Waals surface area contributed by atoms with Gasteiger partial charge in [-0.25, -0.2) is 4.98 Å². The predicted octanol–water partition coefficient (Wildman–Crippen LogP) is 5.13. The molecule has 26 heavy (non-hydrogen) atoms. The molecule has 0 N–H and O–H groups in total. The fraction of sp³-hybridized carbons (Fsp3) is 0.0526. The molecule has 4 rings (SSSR count). The summed E-state index contributed by atoms with van der Waals surface area (Å²) >= 11 is 1.44. The summed E-state index contributed by atoms with van der Waals surface area (Å²) in [6.07, 6.45) is -2.98. The van der Waals surface area contributed by atoms with E-state index in [9.17, 15) is 18.0 Å². The zero-order valence-electron chi connectivity index (χ0n) is 13.2. The summed E-state index contributed by atoms with van der Waals surface area (Å²) in [5.41, 5.74) is 0.373. The number of fused-ring (bicyclic) bond motifs is 1. The van der Waals surface area contributed by atoms with Gasteiger partial charge in [0.15, 0.2) is 0 Å². The second-order valence-corrected chi connectivity index (χ2v) is 6.45. The van der Waals surface area contributed by atoms with Crippen molar-refractivity contribution in [1.82, 2.24) is 9.55 Å². The normalized spacial score (nSPS) is 11.8. The number of rotatable bonds is 2. The van der Waals surface area contributed by atoms with Crippen molar-refractivity contribution in [3.8, 4) is 16.8 Å². The van der Waals surface area contributed by atoms with E-state index in [0.717, 1.165) is 17.7 Å². The smallest absolute Gasteiger partial charge is 0.268 e. The standard InChI is InChI=1S/C19H11F3N2OS/c20-19(21,22)14-4-1-5-15(10-14)24-17-12(3-2-7-23-17)9-16(18(24)25)13-6-8-26-11-13/h1-11H. The first kappa shape index (κ1) is 16.5. The van der Waals surface area contributed by atoms with E-state index in [1.165, 1.54) is 34.2 Å². The highest BCUT2D eigenvalue weighted by Gasteiger charge is 2.30. The zero-order valence-corrected chi connectivity index (χ0v) is 14.0. The Morgan fingerprint density at radius 3 is 2.62 bits per heavy atom. The summed E-state index contributed by atoms with van der Waals surface area (Å²) in [5, 5.41) is 4.34. The van der Waals surface area contributed by atoms with Gasteiger partial charge in [0, 0.05) is 17.1 Å². The lowest BCUT2D eigenvalue weighted by molar-refractivity contribution is -0.137. The van der Waals surface area contributed by atoms with Crippen molar-refractivity contribution in [2.45, 2.75) is 6.18 Å². The molecule has 1 aromatic carbocycles. The van der Waals surface area contributed by atoms with Crippen LogP contribution in [0.25, 0.3) is 27.8 Å². The summed E-state index contributed by atoms with van der Waals surface area (Å²) < 4.78 is 40.5. The minimum atomic E-state index is -4.49. The second kappa shape index (κ2) is 6.10. The average molecular weight is 372 g/mol. The van der Waals surface area contributed by atoms with Gasteiger partial charge in [-0.05, 0) is 58.8 Å². The van der Waals surface area contributed by atoms with Crippen LogP contribution in [0.5, 0.6) is 0 Å². The van der Waals surface area contributed by atoms with Gasteiger partial charge in [0.1, 0.15) is 5.65 Å². The van der Waals surface area contributed by atoms with Gasteiger partial charge in [0.05, 0.1) is 11.3 Å². The van der Waals surface area contributed by atoms with E-state index >= 15 is 0 Å². The molecule has 0 bridgehead atoms. The van der Waals surface area contributed by atoms with Crippen LogP contribution in [0.15, 0.2) is 70.3 Å². The monoisotopic (exact) mass is 372 g/mol. The molecule has 0 spiro atoms. The lowest BCUT2D eigenvalue weighted by Gasteiger charge is -2.14. The molecule has 0 aliphatic rings. The Kier molecular flexibility index (Phi) is 3.88. The largest absolute Gasteiger partial charge is 0.416 e. The van der Waals surface area contributed by atoms with Crippen LogP contribution in [0.3, 0.4) is 0 Å². The van der Waals surface area contributed by atoms with Crippen molar-refractivity contribution in [2.75, 3.05) is 0 Å². The summed E-state index contributed by atoms with van der Waals surface area (Å²) in [6, 6.07) is 11.7. The Morgan fingerprint density at radius 2 is 1.88 bits per heavy atom. The number of hydrogen-bond donors (Lipinski definition) is 0. The van der Waals surface area contributed by atoms with Crippen LogP contribution in [-0.4, -0.2) is 9.55 Å². The van der Waals surface area contributed by atoms with Crippen LogP contribution in [-0.2, 0) is 6.18 Å². The fourth-order valence-corrected chi connectivity index (χ4v) is 3.48. The van der Waals surface area contributed by atoms with E-state index in [-0.39, 0.29) is 5.69 Å². The molecular weight excluding hydrogens is 361 g/mol. The molecule has 0 radical (unpaired) electrons. The molecule has 7 heteroatoms. The van der Waals surface area contributed by atoms with E-state index in [1.807, 2.05) is 10.8 Å². The number of halogens is 3. The maximum Gasteiger partial charge on any atom is 0.416 e. The zero-order chi connectivity index (χ0) is 18.3. The van der Waals surface area contributed by atoms with E-state index < -0.39 is 17.3 Å². The van der Waals surface area contributed by atoms with Crippen molar-refractivity contribution >= 4 is 22.4 Å². The molecular formula is C19H11F3N2OS. The summed E-state index contributed by atoms with van der Waals surface area (Å²) in [4.78, 5) is 17.3. The molecule has 3 aromatic heterocycles. The number of thiophene rings is 1. The number of pyridine rings is 2. The Morgan fingerprint density at radius 1 is 1.04 bits per heavy atom. The van der Waals surface area contributed by atoms with E-state index in [1.54, 1.807) is 24.3 Å². The number of nitrogens with zero attached hydrogens (tertiary/aromatic N) is 2. The third kappa shape index (κ3) is 2.80. The number of aromatic nitrogens is 2. The third-order valence-electron chi connectivity index (χ3n) is 4.03. The number of alkyl halides is 3. The van der Waals surface area contributed by atoms with Crippen molar-refractivity contribution in [2.24, 2.45) is 0 Å². The highest BCUT2D eigenvalue weighted by atomic mass is 32.1. The van der Waals surface area contributed by atoms with Crippen LogP contribution in [0.4, 0.5) is 13.2 Å². The summed E-state index contributed by atoms with van der Waals surface area (Å²) in [7, 11) is 0. The second-order valence-electron chi connectivity index (χ2n) is 5.67. The van der Waals surface area contributed by atoms with E-state index in [2.05, 4.69) is 4.98 Å². The van der Waals surface area contributed by atoms with Crippen LogP contribution >= 0.6 is 11.3 Å². The highest BCUT2D eigenvalue weighted by Crippen LogP contribution is 2.31. The first-order chi connectivity index (χ1) is 12.4. The van der Waals surface area contributed by atoms with Gasteiger partial charge >= 0.3 is 6.18 Å². The fourth-order valence-electron chi connectivity index (χ4n) is 2.83. The van der Waals surface area contributed by atoms with Crippen molar-refractivity contribution in [3.05, 3.63) is 81.4 Å². The maximum atomic E-state index is 13.1. The molecule has 0 aliphatic carbocycles. The van der Waals surface area contributed by atoms with Gasteiger partial charge < -0.3 is 0 Å². The SMILES string of the molecule is O=c1c(-c2ccsc2)cc2cccnc2n1-c1cccc(C(F)(F)F)c1. The molecule has 0 amide bonds. The van der Waals surface area contributed by atoms with E-state index in [0.29, 0.717) is 16.6 Å². The molecule has 0 atom stereocenters. The first-order valence-corrected chi connectivity index (χ1v) is 8.60. The minimum Gasteiger partial charge on any atom is -0.268 e. The Bertz CT molecular complexity index is 1150. The molecule has 4 aromatic rings. The molecule has 0 saturated carbocycles. The van der Waals surface area contributed by atoms with Gasteiger partial charge in [-0.3, -0.25) is 9.36 Å². The Balaban J connectivity index is 2.06. The van der Waals surface area contributed by atoms with Gasteiger partial charge in [0.25, 0.3) is 5.56 Å². The Hall–Kier alpha value is -2.93. The average Bonchev–Trinajstić information content (AvgIpc) is 3.15.